The highest BCUT2D eigenvalue weighted by Crippen LogP contribution is 2.35. The second-order valence-electron chi connectivity index (χ2n) is 16.9. The summed E-state index contributed by atoms with van der Waals surface area (Å²) in [6, 6.07) is 12.5. The number of nitrogens with zero attached hydrogens (tertiary/aromatic N) is 9. The van der Waals surface area contributed by atoms with Crippen molar-refractivity contribution in [3.63, 3.8) is 0 Å². The molecule has 20 nitrogen and oxygen atoms in total. The van der Waals surface area contributed by atoms with Crippen LogP contribution in [0.3, 0.4) is 0 Å². The monoisotopic (exact) mass is 952 g/mol. The number of carbonyl (C=O) groups is 3. The SMILES string of the molecule is COC1CN(S(=O)(=O)Nc2ccc(F)c(Oc3ccc4ncn(-c5cnc(N6CCN(C(=O)CN7CCC(c8ccc(N[C@H]9CCC(=O)NC9=O)cc8F)CC7)CC6)nc5)c(=O)c4c3)c2C#N)C1. The van der Waals surface area contributed by atoms with Crippen LogP contribution in [0, 0.1) is 23.0 Å². The van der Waals surface area contributed by atoms with E-state index in [1.165, 1.54) is 54.7 Å². The Kier molecular flexibility index (Phi) is 13.0. The van der Waals surface area contributed by atoms with Crippen LogP contribution in [-0.2, 0) is 29.3 Å². The zero-order valence-corrected chi connectivity index (χ0v) is 37.5. The molecule has 4 saturated heterocycles. The van der Waals surface area contributed by atoms with Crippen LogP contribution in [0.2, 0.25) is 0 Å². The van der Waals surface area contributed by atoms with Crippen LogP contribution in [0.5, 0.6) is 11.5 Å². The summed E-state index contributed by atoms with van der Waals surface area (Å²) in [6.07, 6.45) is 5.97. The lowest BCUT2D eigenvalue weighted by Gasteiger charge is -2.37. The number of amides is 3. The summed E-state index contributed by atoms with van der Waals surface area (Å²) in [7, 11) is -2.61. The number of fused-ring (bicyclic) bond motifs is 1. The summed E-state index contributed by atoms with van der Waals surface area (Å²) in [6.45, 7) is 3.64. The molecule has 4 aliphatic heterocycles. The molecule has 4 fully saturated rings. The number of piperidine rings is 2. The maximum Gasteiger partial charge on any atom is 0.301 e. The van der Waals surface area contributed by atoms with Crippen molar-refractivity contribution in [3.8, 4) is 23.3 Å². The molecule has 0 bridgehead atoms. The maximum atomic E-state index is 15.3. The number of rotatable bonds is 13. The number of nitrogens with one attached hydrogen (secondary N) is 3. The minimum atomic E-state index is -4.08. The molecule has 3 aromatic carbocycles. The first-order valence-corrected chi connectivity index (χ1v) is 23.4. The molecule has 0 radical (unpaired) electrons. The van der Waals surface area contributed by atoms with Gasteiger partial charge in [-0.25, -0.2) is 23.7 Å². The molecule has 9 rings (SSSR count). The summed E-state index contributed by atoms with van der Waals surface area (Å²) in [5.74, 6) is -2.17. The van der Waals surface area contributed by atoms with Gasteiger partial charge in [0.25, 0.3) is 5.56 Å². The van der Waals surface area contributed by atoms with Crippen LogP contribution in [-0.4, -0.2) is 138 Å². The molecule has 1 atom stereocenters. The first-order chi connectivity index (χ1) is 32.8. The van der Waals surface area contributed by atoms with E-state index in [0.717, 1.165) is 16.4 Å². The second-order valence-corrected chi connectivity index (χ2v) is 18.6. The van der Waals surface area contributed by atoms with E-state index in [-0.39, 0.29) is 72.5 Å². The number of piperazine rings is 1. The highest BCUT2D eigenvalue weighted by molar-refractivity contribution is 7.90. The van der Waals surface area contributed by atoms with E-state index in [9.17, 15) is 32.9 Å². The summed E-state index contributed by atoms with van der Waals surface area (Å²) in [5, 5.41) is 15.4. The molecule has 2 aromatic heterocycles. The standard InChI is InChI=1S/C45H46F2N12O8S/c1-66-31-23-58(24-31)68(64,65)54-38-7-5-35(46)42(34(38)20-48)67-30-3-6-37-33(19-30)44(63)59(26-51-37)29-21-49-45(50-22-29)57-16-14-56(15-17-57)41(61)25-55-12-10-27(11-13-55)32-4-2-28(18-36(32)47)52-39-8-9-40(60)53-43(39)62/h2-7,18-19,21-22,26-27,31,39,52,54H,8-17,23-25H2,1H3,(H,53,60,62)/t39-/m0/s1. The summed E-state index contributed by atoms with van der Waals surface area (Å²) in [5.41, 5.74) is 0.591. The van der Waals surface area contributed by atoms with Crippen molar-refractivity contribution in [1.29, 1.82) is 5.26 Å². The van der Waals surface area contributed by atoms with Crippen LogP contribution in [0.4, 0.5) is 26.1 Å². The van der Waals surface area contributed by atoms with E-state index >= 15 is 8.78 Å². The number of nitriles is 1. The van der Waals surface area contributed by atoms with Gasteiger partial charge in [0.05, 0.1) is 47.3 Å². The number of ether oxygens (including phenoxy) is 2. The Bertz CT molecular complexity index is 2990. The Morgan fingerprint density at radius 3 is 2.37 bits per heavy atom. The topological polar surface area (TPSA) is 237 Å². The average Bonchev–Trinajstić information content (AvgIpc) is 3.31. The van der Waals surface area contributed by atoms with Crippen molar-refractivity contribution in [1.82, 2.24) is 38.9 Å². The predicted octanol–water partition coefficient (Wildman–Crippen LogP) is 2.85. The van der Waals surface area contributed by atoms with Crippen molar-refractivity contribution in [2.45, 2.75) is 43.7 Å². The fraction of sp³-hybridized carbons (Fsp3) is 0.378. The zero-order chi connectivity index (χ0) is 47.7. The van der Waals surface area contributed by atoms with Gasteiger partial charge in [-0.3, -0.25) is 38.7 Å². The summed E-state index contributed by atoms with van der Waals surface area (Å²) in [4.78, 5) is 70.0. The molecule has 354 valence electrons. The molecule has 0 unspecified atom stereocenters. The van der Waals surface area contributed by atoms with Gasteiger partial charge in [-0.05, 0) is 86.3 Å². The number of hydrogen-bond donors (Lipinski definition) is 3. The minimum absolute atomic E-state index is 0.00156. The Labute approximate surface area is 388 Å². The number of imide groups is 1. The van der Waals surface area contributed by atoms with Gasteiger partial charge in [-0.15, -0.1) is 0 Å². The van der Waals surface area contributed by atoms with Crippen molar-refractivity contribution in [2.75, 3.05) is 81.0 Å². The van der Waals surface area contributed by atoms with Crippen LogP contribution in [0.15, 0.2) is 72.0 Å². The Morgan fingerprint density at radius 2 is 1.68 bits per heavy atom. The van der Waals surface area contributed by atoms with Gasteiger partial charge in [0, 0.05) is 58.5 Å². The van der Waals surface area contributed by atoms with E-state index in [4.69, 9.17) is 9.47 Å². The minimum Gasteiger partial charge on any atom is -0.453 e. The number of methoxy groups -OCH3 is 1. The van der Waals surface area contributed by atoms with Crippen molar-refractivity contribution in [2.24, 2.45) is 0 Å². The molecule has 0 spiro atoms. The third kappa shape index (κ3) is 9.66. The molecule has 0 saturated carbocycles. The van der Waals surface area contributed by atoms with E-state index in [1.54, 1.807) is 12.1 Å². The number of benzene rings is 3. The fourth-order valence-corrected chi connectivity index (χ4v) is 10.0. The smallest absolute Gasteiger partial charge is 0.301 e. The molecule has 5 aromatic rings. The molecule has 6 heterocycles. The average molecular weight is 953 g/mol. The molecule has 0 aliphatic carbocycles. The lowest BCUT2D eigenvalue weighted by atomic mass is 9.89. The van der Waals surface area contributed by atoms with Gasteiger partial charge in [0.1, 0.15) is 35.6 Å². The number of anilines is 3. The van der Waals surface area contributed by atoms with E-state index in [1.807, 2.05) is 15.9 Å². The number of aromatic nitrogens is 4. The van der Waals surface area contributed by atoms with Crippen LogP contribution in [0.25, 0.3) is 16.6 Å². The molecule has 23 heteroatoms. The van der Waals surface area contributed by atoms with Gasteiger partial charge in [0.2, 0.25) is 23.7 Å². The Balaban J connectivity index is 0.778. The van der Waals surface area contributed by atoms with Crippen molar-refractivity contribution >= 4 is 56.2 Å². The van der Waals surface area contributed by atoms with Gasteiger partial charge in [-0.2, -0.15) is 18.0 Å². The van der Waals surface area contributed by atoms with E-state index < -0.39 is 44.8 Å². The van der Waals surface area contributed by atoms with Crippen molar-refractivity contribution in [3.05, 3.63) is 100 Å². The molecular formula is C45H46F2N12O8S. The van der Waals surface area contributed by atoms with Crippen molar-refractivity contribution < 1.29 is 41.1 Å². The number of hydrogen-bond acceptors (Lipinski definition) is 15. The van der Waals surface area contributed by atoms with Crippen LogP contribution in [0.1, 0.15) is 42.7 Å². The number of likely N-dealkylation sites (tertiary alicyclic amines) is 1. The zero-order valence-electron chi connectivity index (χ0n) is 36.7. The molecule has 3 N–H and O–H groups in total. The van der Waals surface area contributed by atoms with E-state index in [0.29, 0.717) is 86.9 Å². The summed E-state index contributed by atoms with van der Waals surface area (Å²) >= 11 is 0. The third-order valence-corrected chi connectivity index (χ3v) is 14.1. The fourth-order valence-electron chi connectivity index (χ4n) is 8.70. The molecule has 3 amide bonds. The number of carbonyl (C=O) groups excluding carboxylic acids is 3. The molecule has 68 heavy (non-hydrogen) atoms. The summed E-state index contributed by atoms with van der Waals surface area (Å²) < 4.78 is 71.9. The van der Waals surface area contributed by atoms with Gasteiger partial charge < -0.3 is 24.6 Å². The first-order valence-electron chi connectivity index (χ1n) is 22.0. The van der Waals surface area contributed by atoms with Gasteiger partial charge in [-0.1, -0.05) is 6.07 Å². The largest absolute Gasteiger partial charge is 0.453 e. The lowest BCUT2D eigenvalue weighted by molar-refractivity contribution is -0.134. The highest BCUT2D eigenvalue weighted by Gasteiger charge is 2.37. The van der Waals surface area contributed by atoms with Gasteiger partial charge in [0.15, 0.2) is 11.6 Å². The van der Waals surface area contributed by atoms with Crippen LogP contribution < -0.4 is 30.6 Å². The van der Waals surface area contributed by atoms with E-state index in [2.05, 4.69) is 35.2 Å². The van der Waals surface area contributed by atoms with Gasteiger partial charge >= 0.3 is 10.2 Å². The molecule has 4 aliphatic rings. The predicted molar refractivity (Wildman–Crippen MR) is 242 cm³/mol. The number of halogens is 2. The molecular weight excluding hydrogens is 907 g/mol. The normalized spacial score (nSPS) is 18.8. The first kappa shape index (κ1) is 46.0. The quantitative estimate of drug-likeness (QED) is 0.144. The van der Waals surface area contributed by atoms with Crippen LogP contribution >= 0.6 is 0 Å². The third-order valence-electron chi connectivity index (χ3n) is 12.7. The lowest BCUT2D eigenvalue weighted by Crippen LogP contribution is -2.55. The maximum absolute atomic E-state index is 15.3. The second kappa shape index (κ2) is 19.2. The Hall–Kier alpha value is -7.13. The highest BCUT2D eigenvalue weighted by atomic mass is 32.2. The Morgan fingerprint density at radius 1 is 0.926 bits per heavy atom.